The van der Waals surface area contributed by atoms with E-state index in [1.54, 1.807) is 0 Å². The molecule has 1 amide bonds. The Hall–Kier alpha value is -1.49. The summed E-state index contributed by atoms with van der Waals surface area (Å²) < 4.78 is 6.71. The molecule has 1 aliphatic rings. The first-order chi connectivity index (χ1) is 8.15. The van der Waals surface area contributed by atoms with E-state index in [-0.39, 0.29) is 0 Å². The molecule has 0 bridgehead atoms. The van der Waals surface area contributed by atoms with E-state index in [9.17, 15) is 4.79 Å². The van der Waals surface area contributed by atoms with E-state index >= 15 is 0 Å². The fourth-order valence-corrected chi connectivity index (χ4v) is 2.58. The number of rotatable bonds is 0. The monoisotopic (exact) mass is 295 g/mol. The minimum absolute atomic E-state index is 0.411. The molecule has 0 radical (unpaired) electrons. The molecule has 17 heavy (non-hydrogen) atoms. The Balaban J connectivity index is 2.13. The third-order valence-corrected chi connectivity index (χ3v) is 3.56. The summed E-state index contributed by atoms with van der Waals surface area (Å²) in [6.45, 7) is 0.914. The van der Waals surface area contributed by atoms with Gasteiger partial charge in [-0.2, -0.15) is 0 Å². The van der Waals surface area contributed by atoms with Gasteiger partial charge in [0.05, 0.1) is 6.54 Å². The standard InChI is InChI=1S/C12H10BrNO3/c13-7-1-2-10-8(5-7)9-6-14(12(15)16)4-3-11(9)17-10/h1-2,5H,3-4,6H2,(H,15,16). The molecule has 1 N–H and O–H groups in total. The maximum atomic E-state index is 11.0. The fraction of sp³-hybridized carbons (Fsp3) is 0.250. The molecule has 0 spiro atoms. The van der Waals surface area contributed by atoms with Crippen LogP contribution in [0.15, 0.2) is 27.1 Å². The molecule has 2 aromatic rings. The highest BCUT2D eigenvalue weighted by molar-refractivity contribution is 9.10. The summed E-state index contributed by atoms with van der Waals surface area (Å²) in [7, 11) is 0. The number of amides is 1. The minimum Gasteiger partial charge on any atom is -0.465 e. The van der Waals surface area contributed by atoms with Crippen molar-refractivity contribution >= 4 is 33.0 Å². The summed E-state index contributed by atoms with van der Waals surface area (Å²) in [4.78, 5) is 12.4. The predicted molar refractivity (Wildman–Crippen MR) is 66.1 cm³/mol. The Morgan fingerprint density at radius 1 is 1.47 bits per heavy atom. The Morgan fingerprint density at radius 2 is 2.29 bits per heavy atom. The summed E-state index contributed by atoms with van der Waals surface area (Å²) in [6.07, 6.45) is -0.228. The molecule has 4 nitrogen and oxygen atoms in total. The van der Waals surface area contributed by atoms with E-state index in [2.05, 4.69) is 15.9 Å². The molecule has 0 fully saturated rings. The van der Waals surface area contributed by atoms with E-state index in [0.717, 1.165) is 26.8 Å². The minimum atomic E-state index is -0.875. The summed E-state index contributed by atoms with van der Waals surface area (Å²) in [5.74, 6) is 0.913. The van der Waals surface area contributed by atoms with Crippen molar-refractivity contribution in [1.82, 2.24) is 4.90 Å². The molecule has 0 unspecified atom stereocenters. The van der Waals surface area contributed by atoms with Crippen LogP contribution in [0, 0.1) is 0 Å². The molecule has 1 aromatic heterocycles. The average molecular weight is 296 g/mol. The van der Waals surface area contributed by atoms with Gasteiger partial charge in [-0.25, -0.2) is 4.79 Å². The van der Waals surface area contributed by atoms with Crippen LogP contribution >= 0.6 is 15.9 Å². The number of halogens is 1. The van der Waals surface area contributed by atoms with Crippen molar-refractivity contribution in [3.05, 3.63) is 34.0 Å². The van der Waals surface area contributed by atoms with Gasteiger partial charge in [0.1, 0.15) is 11.3 Å². The molecule has 2 heterocycles. The molecule has 3 rings (SSSR count). The molecule has 1 aliphatic heterocycles. The maximum Gasteiger partial charge on any atom is 0.407 e. The third-order valence-electron chi connectivity index (χ3n) is 3.06. The second-order valence-corrected chi connectivity index (χ2v) is 5.01. The second-order valence-electron chi connectivity index (χ2n) is 4.10. The Labute approximate surface area is 106 Å². The number of furan rings is 1. The van der Waals surface area contributed by atoms with Crippen LogP contribution in [0.4, 0.5) is 4.79 Å². The van der Waals surface area contributed by atoms with E-state index in [1.165, 1.54) is 4.90 Å². The molecule has 0 atom stereocenters. The van der Waals surface area contributed by atoms with Crippen molar-refractivity contribution in [3.8, 4) is 0 Å². The summed E-state index contributed by atoms with van der Waals surface area (Å²) in [5.41, 5.74) is 1.82. The maximum absolute atomic E-state index is 11.0. The lowest BCUT2D eigenvalue weighted by Crippen LogP contribution is -2.34. The molecule has 5 heteroatoms. The SMILES string of the molecule is O=C(O)N1CCc2oc3ccc(Br)cc3c2C1. The molecule has 1 aromatic carbocycles. The van der Waals surface area contributed by atoms with Crippen molar-refractivity contribution < 1.29 is 14.3 Å². The summed E-state index contributed by atoms with van der Waals surface area (Å²) in [6, 6.07) is 5.80. The first kappa shape index (κ1) is 10.7. The van der Waals surface area contributed by atoms with Gasteiger partial charge in [0.25, 0.3) is 0 Å². The lowest BCUT2D eigenvalue weighted by Gasteiger charge is -2.23. The van der Waals surface area contributed by atoms with Gasteiger partial charge in [-0.1, -0.05) is 15.9 Å². The number of nitrogens with zero attached hydrogens (tertiary/aromatic N) is 1. The van der Waals surface area contributed by atoms with Crippen LogP contribution in [0.2, 0.25) is 0 Å². The van der Waals surface area contributed by atoms with Crippen LogP contribution in [0.5, 0.6) is 0 Å². The van der Waals surface area contributed by atoms with Crippen molar-refractivity contribution in [1.29, 1.82) is 0 Å². The molecule has 88 valence electrons. The second kappa shape index (κ2) is 3.77. The quantitative estimate of drug-likeness (QED) is 0.812. The van der Waals surface area contributed by atoms with Crippen LogP contribution in [0.25, 0.3) is 11.0 Å². The molecular formula is C12H10BrNO3. The number of carboxylic acid groups (broad SMARTS) is 1. The topological polar surface area (TPSA) is 53.7 Å². The zero-order chi connectivity index (χ0) is 12.0. The summed E-state index contributed by atoms with van der Waals surface area (Å²) in [5, 5.41) is 10.0. The molecular weight excluding hydrogens is 286 g/mol. The number of benzene rings is 1. The smallest absolute Gasteiger partial charge is 0.407 e. The first-order valence-corrected chi connectivity index (χ1v) is 6.12. The lowest BCUT2D eigenvalue weighted by molar-refractivity contribution is 0.138. The van der Waals surface area contributed by atoms with Crippen LogP contribution in [-0.4, -0.2) is 22.6 Å². The van der Waals surface area contributed by atoms with Crippen molar-refractivity contribution in [3.63, 3.8) is 0 Å². The van der Waals surface area contributed by atoms with E-state index in [1.807, 2.05) is 18.2 Å². The molecule has 0 saturated heterocycles. The lowest BCUT2D eigenvalue weighted by atomic mass is 10.1. The third kappa shape index (κ3) is 1.70. The van der Waals surface area contributed by atoms with E-state index in [4.69, 9.17) is 9.52 Å². The highest BCUT2D eigenvalue weighted by Gasteiger charge is 2.25. The van der Waals surface area contributed by atoms with Gasteiger partial charge in [0, 0.05) is 28.4 Å². The number of hydrogen-bond donors (Lipinski definition) is 1. The van der Waals surface area contributed by atoms with Crippen molar-refractivity contribution in [2.45, 2.75) is 13.0 Å². The van der Waals surface area contributed by atoms with Crippen LogP contribution in [0.3, 0.4) is 0 Å². The highest BCUT2D eigenvalue weighted by Crippen LogP contribution is 2.32. The predicted octanol–water partition coefficient (Wildman–Crippen LogP) is 3.23. The van der Waals surface area contributed by atoms with E-state index in [0.29, 0.717) is 19.5 Å². The normalized spacial score (nSPS) is 15.0. The fourth-order valence-electron chi connectivity index (χ4n) is 2.22. The zero-order valence-electron chi connectivity index (χ0n) is 8.94. The van der Waals surface area contributed by atoms with Crippen LogP contribution in [0.1, 0.15) is 11.3 Å². The van der Waals surface area contributed by atoms with Crippen LogP contribution in [-0.2, 0) is 13.0 Å². The van der Waals surface area contributed by atoms with Crippen molar-refractivity contribution in [2.75, 3.05) is 6.54 Å². The van der Waals surface area contributed by atoms with Gasteiger partial charge in [0.15, 0.2) is 0 Å². The van der Waals surface area contributed by atoms with Crippen molar-refractivity contribution in [2.24, 2.45) is 0 Å². The number of fused-ring (bicyclic) bond motifs is 3. The first-order valence-electron chi connectivity index (χ1n) is 5.33. The highest BCUT2D eigenvalue weighted by atomic mass is 79.9. The number of carbonyl (C=O) groups is 1. The van der Waals surface area contributed by atoms with Gasteiger partial charge in [0.2, 0.25) is 0 Å². The van der Waals surface area contributed by atoms with Gasteiger partial charge < -0.3 is 14.4 Å². The van der Waals surface area contributed by atoms with Gasteiger partial charge in [-0.05, 0) is 18.2 Å². The zero-order valence-corrected chi connectivity index (χ0v) is 10.5. The molecule has 0 aliphatic carbocycles. The molecule has 0 saturated carbocycles. The summed E-state index contributed by atoms with van der Waals surface area (Å²) >= 11 is 3.42. The average Bonchev–Trinajstić information content (AvgIpc) is 2.66. The Bertz CT molecular complexity index is 605. The van der Waals surface area contributed by atoms with Crippen LogP contribution < -0.4 is 0 Å². The van der Waals surface area contributed by atoms with Gasteiger partial charge in [-0.15, -0.1) is 0 Å². The van der Waals surface area contributed by atoms with Gasteiger partial charge in [-0.3, -0.25) is 0 Å². The Morgan fingerprint density at radius 3 is 3.06 bits per heavy atom. The number of hydrogen-bond acceptors (Lipinski definition) is 2. The van der Waals surface area contributed by atoms with E-state index < -0.39 is 6.09 Å². The van der Waals surface area contributed by atoms with Gasteiger partial charge >= 0.3 is 6.09 Å². The Kier molecular flexibility index (Phi) is 2.36. The largest absolute Gasteiger partial charge is 0.465 e.